The lowest BCUT2D eigenvalue weighted by atomic mass is 9.95. The Balaban J connectivity index is 1.54. The first kappa shape index (κ1) is 25.5. The van der Waals surface area contributed by atoms with Crippen LogP contribution in [-0.2, 0) is 20.9 Å². The number of aromatic nitrogens is 1. The summed E-state index contributed by atoms with van der Waals surface area (Å²) in [7, 11) is 0. The second-order valence-electron chi connectivity index (χ2n) is 9.43. The van der Waals surface area contributed by atoms with Gasteiger partial charge < -0.3 is 29.0 Å². The van der Waals surface area contributed by atoms with Crippen LogP contribution >= 0.6 is 0 Å². The zero-order valence-corrected chi connectivity index (χ0v) is 21.2. The molecule has 2 aliphatic rings. The maximum absolute atomic E-state index is 13.3. The molecule has 1 saturated heterocycles. The third-order valence-electron chi connectivity index (χ3n) is 6.81. The molecule has 0 spiro atoms. The number of pyridine rings is 1. The monoisotopic (exact) mass is 499 g/mol. The third-order valence-corrected chi connectivity index (χ3v) is 6.81. The van der Waals surface area contributed by atoms with E-state index in [4.69, 9.17) is 14.2 Å². The fraction of sp³-hybridized carbons (Fsp3) is 0.538. The Morgan fingerprint density at radius 1 is 1.11 bits per heavy atom. The lowest BCUT2D eigenvalue weighted by Crippen LogP contribution is -2.53. The number of piperidine rings is 1. The lowest BCUT2D eigenvalue weighted by Gasteiger charge is -2.34. The number of carbonyl (C=O) groups excluding carboxylic acids is 3. The molecule has 0 radical (unpaired) electrons. The maximum Gasteiger partial charge on any atom is 0.309 e. The summed E-state index contributed by atoms with van der Waals surface area (Å²) in [6, 6.07) is 2.53. The molecule has 1 fully saturated rings. The van der Waals surface area contributed by atoms with Crippen LogP contribution in [0.3, 0.4) is 0 Å². The minimum absolute atomic E-state index is 0.0392. The quantitative estimate of drug-likeness (QED) is 0.581. The number of ether oxygens (including phenoxy) is 3. The van der Waals surface area contributed by atoms with Gasteiger partial charge in [-0.1, -0.05) is 13.8 Å². The van der Waals surface area contributed by atoms with Crippen molar-refractivity contribution in [3.05, 3.63) is 34.1 Å². The summed E-state index contributed by atoms with van der Waals surface area (Å²) in [6.07, 6.45) is 2.56. The van der Waals surface area contributed by atoms with Gasteiger partial charge in [0, 0.05) is 31.9 Å². The van der Waals surface area contributed by atoms with Crippen LogP contribution in [0.2, 0.25) is 0 Å². The maximum atomic E-state index is 13.3. The van der Waals surface area contributed by atoms with E-state index in [2.05, 4.69) is 5.32 Å². The molecular formula is C26H33N3O7. The smallest absolute Gasteiger partial charge is 0.309 e. The number of amides is 2. The Labute approximate surface area is 209 Å². The number of carbonyl (C=O) groups is 3. The lowest BCUT2D eigenvalue weighted by molar-refractivity contribution is -0.151. The normalized spacial score (nSPS) is 16.3. The molecule has 10 heteroatoms. The van der Waals surface area contributed by atoms with Crippen molar-refractivity contribution >= 4 is 28.7 Å². The SMILES string of the molecule is CCOC(=O)C1CCN(C(=O)[C@@H](NC(=O)c2cn(CC)c3cc4c(cc3c2=O)OCO4)C(C)C)CC1. The largest absolute Gasteiger partial charge is 0.466 e. The van der Waals surface area contributed by atoms with E-state index in [0.717, 1.165) is 0 Å². The Kier molecular flexibility index (Phi) is 7.51. The van der Waals surface area contributed by atoms with Crippen molar-refractivity contribution in [3.63, 3.8) is 0 Å². The number of benzene rings is 1. The van der Waals surface area contributed by atoms with Crippen LogP contribution in [0.5, 0.6) is 11.5 Å². The standard InChI is InChI=1S/C26H33N3O7/c1-5-28-13-18(23(30)17-11-20-21(12-19(17)28)36-14-35-20)24(31)27-22(15(3)4)25(32)29-9-7-16(8-10-29)26(33)34-6-2/h11-13,15-16,22H,5-10,14H2,1-4H3,(H,27,31)/t22-/m0/s1. The predicted octanol–water partition coefficient (Wildman–Crippen LogP) is 2.31. The molecule has 194 valence electrons. The van der Waals surface area contributed by atoms with E-state index in [1.165, 1.54) is 6.20 Å². The molecule has 3 heterocycles. The van der Waals surface area contributed by atoms with Crippen LogP contribution in [0, 0.1) is 11.8 Å². The van der Waals surface area contributed by atoms with Gasteiger partial charge in [-0.05, 0) is 38.7 Å². The fourth-order valence-electron chi connectivity index (χ4n) is 4.73. The number of likely N-dealkylation sites (tertiary alicyclic amines) is 1. The van der Waals surface area contributed by atoms with Crippen LogP contribution in [0.15, 0.2) is 23.1 Å². The molecule has 2 amide bonds. The van der Waals surface area contributed by atoms with Gasteiger partial charge in [0.2, 0.25) is 18.1 Å². The minimum atomic E-state index is -0.807. The number of fused-ring (bicyclic) bond motifs is 2. The van der Waals surface area contributed by atoms with Crippen molar-refractivity contribution in [1.29, 1.82) is 0 Å². The molecular weight excluding hydrogens is 466 g/mol. The number of rotatable bonds is 7. The number of hydrogen-bond donors (Lipinski definition) is 1. The van der Waals surface area contributed by atoms with Gasteiger partial charge >= 0.3 is 5.97 Å². The van der Waals surface area contributed by atoms with Crippen LogP contribution in [0.25, 0.3) is 10.9 Å². The highest BCUT2D eigenvalue weighted by molar-refractivity contribution is 6.00. The van der Waals surface area contributed by atoms with Crippen molar-refractivity contribution in [2.45, 2.75) is 53.1 Å². The number of hydrogen-bond acceptors (Lipinski definition) is 7. The molecule has 0 unspecified atom stereocenters. The highest BCUT2D eigenvalue weighted by Gasteiger charge is 2.34. The van der Waals surface area contributed by atoms with E-state index >= 15 is 0 Å². The first-order chi connectivity index (χ1) is 17.2. The summed E-state index contributed by atoms with van der Waals surface area (Å²) in [5, 5.41) is 3.15. The number of aryl methyl sites for hydroxylation is 1. The van der Waals surface area contributed by atoms with E-state index in [9.17, 15) is 19.2 Å². The van der Waals surface area contributed by atoms with E-state index < -0.39 is 17.4 Å². The molecule has 10 nitrogen and oxygen atoms in total. The fourth-order valence-corrected chi connectivity index (χ4v) is 4.73. The molecule has 1 atom stereocenters. The topological polar surface area (TPSA) is 116 Å². The molecule has 2 aliphatic heterocycles. The van der Waals surface area contributed by atoms with Crippen molar-refractivity contribution in [1.82, 2.24) is 14.8 Å². The highest BCUT2D eigenvalue weighted by atomic mass is 16.7. The highest BCUT2D eigenvalue weighted by Crippen LogP contribution is 2.35. The molecule has 4 rings (SSSR count). The first-order valence-electron chi connectivity index (χ1n) is 12.5. The van der Waals surface area contributed by atoms with Gasteiger partial charge in [0.1, 0.15) is 11.6 Å². The van der Waals surface area contributed by atoms with Crippen LogP contribution in [0.1, 0.15) is 50.9 Å². The number of nitrogens with zero attached hydrogens (tertiary/aromatic N) is 2. The third kappa shape index (κ3) is 4.89. The Morgan fingerprint density at radius 2 is 1.78 bits per heavy atom. The second-order valence-corrected chi connectivity index (χ2v) is 9.43. The summed E-state index contributed by atoms with van der Waals surface area (Å²) < 4.78 is 17.8. The molecule has 1 aromatic carbocycles. The van der Waals surface area contributed by atoms with Gasteiger partial charge in [-0.25, -0.2) is 0 Å². The van der Waals surface area contributed by atoms with Crippen molar-refractivity contribution in [2.24, 2.45) is 11.8 Å². The zero-order chi connectivity index (χ0) is 26.0. The van der Waals surface area contributed by atoms with Gasteiger partial charge in [-0.3, -0.25) is 19.2 Å². The molecule has 36 heavy (non-hydrogen) atoms. The van der Waals surface area contributed by atoms with Gasteiger partial charge in [-0.2, -0.15) is 0 Å². The summed E-state index contributed by atoms with van der Waals surface area (Å²) in [5.41, 5.74) is 0.169. The van der Waals surface area contributed by atoms with Crippen LogP contribution in [0.4, 0.5) is 0 Å². The predicted molar refractivity (Wildman–Crippen MR) is 132 cm³/mol. The van der Waals surface area contributed by atoms with Crippen LogP contribution in [-0.4, -0.2) is 59.8 Å². The van der Waals surface area contributed by atoms with Gasteiger partial charge in [-0.15, -0.1) is 0 Å². The molecule has 1 N–H and O–H groups in total. The van der Waals surface area contributed by atoms with Crippen molar-refractivity contribution < 1.29 is 28.6 Å². The first-order valence-corrected chi connectivity index (χ1v) is 12.5. The van der Waals surface area contributed by atoms with E-state index in [-0.39, 0.29) is 36.1 Å². The summed E-state index contributed by atoms with van der Waals surface area (Å²) in [4.78, 5) is 53.7. The van der Waals surface area contributed by atoms with Gasteiger partial charge in [0.25, 0.3) is 5.91 Å². The molecule has 0 aliphatic carbocycles. The second kappa shape index (κ2) is 10.6. The Bertz CT molecular complexity index is 1230. The van der Waals surface area contributed by atoms with E-state index in [1.54, 1.807) is 28.5 Å². The number of esters is 1. The average molecular weight is 500 g/mol. The Morgan fingerprint density at radius 3 is 2.39 bits per heavy atom. The average Bonchev–Trinajstić information content (AvgIpc) is 3.34. The van der Waals surface area contributed by atoms with Crippen molar-refractivity contribution in [2.75, 3.05) is 26.5 Å². The summed E-state index contributed by atoms with van der Waals surface area (Å²) in [5.74, 6) is -0.464. The zero-order valence-electron chi connectivity index (χ0n) is 21.2. The summed E-state index contributed by atoms with van der Waals surface area (Å²) >= 11 is 0. The number of nitrogens with one attached hydrogen (secondary N) is 1. The van der Waals surface area contributed by atoms with E-state index in [1.807, 2.05) is 20.8 Å². The molecule has 1 aromatic heterocycles. The minimum Gasteiger partial charge on any atom is -0.466 e. The summed E-state index contributed by atoms with van der Waals surface area (Å²) in [6.45, 7) is 9.13. The van der Waals surface area contributed by atoms with Gasteiger partial charge in [0.15, 0.2) is 11.5 Å². The molecule has 2 aromatic rings. The molecule has 0 saturated carbocycles. The Hall–Kier alpha value is -3.56. The van der Waals surface area contributed by atoms with Crippen molar-refractivity contribution in [3.8, 4) is 11.5 Å². The van der Waals surface area contributed by atoms with Crippen LogP contribution < -0.4 is 20.2 Å². The molecule has 0 bridgehead atoms. The van der Waals surface area contributed by atoms with E-state index in [0.29, 0.717) is 61.5 Å². The van der Waals surface area contributed by atoms with Gasteiger partial charge in [0.05, 0.1) is 23.4 Å².